The Balaban J connectivity index is 2.14. The first-order valence-electron chi connectivity index (χ1n) is 5.55. The van der Waals surface area contributed by atoms with Crippen LogP contribution in [0.4, 0.5) is 10.1 Å². The van der Waals surface area contributed by atoms with E-state index in [4.69, 9.17) is 23.2 Å². The molecule has 0 atom stereocenters. The monoisotopic (exact) mass is 309 g/mol. The van der Waals surface area contributed by atoms with Crippen LogP contribution in [0.2, 0.25) is 10.3 Å². The molecule has 1 aliphatic heterocycles. The third-order valence-corrected chi connectivity index (χ3v) is 3.30. The molecule has 0 bridgehead atoms. The first-order chi connectivity index (χ1) is 9.56. The van der Waals surface area contributed by atoms with Crippen LogP contribution >= 0.6 is 23.2 Å². The van der Waals surface area contributed by atoms with Crippen molar-refractivity contribution in [3.63, 3.8) is 0 Å². The van der Waals surface area contributed by atoms with Gasteiger partial charge in [-0.15, -0.1) is 0 Å². The minimum Gasteiger partial charge on any atom is -0.321 e. The van der Waals surface area contributed by atoms with E-state index in [0.717, 1.165) is 0 Å². The van der Waals surface area contributed by atoms with Gasteiger partial charge in [0.05, 0.1) is 11.3 Å². The fourth-order valence-corrected chi connectivity index (χ4v) is 2.23. The zero-order chi connectivity index (χ0) is 14.3. The first kappa shape index (κ1) is 13.0. The topological polar surface area (TPSA) is 54.9 Å². The van der Waals surface area contributed by atoms with Crippen molar-refractivity contribution in [2.24, 2.45) is 0 Å². The zero-order valence-corrected chi connectivity index (χ0v) is 11.3. The lowest BCUT2D eigenvalue weighted by Crippen LogP contribution is -2.03. The van der Waals surface area contributed by atoms with Crippen molar-refractivity contribution in [1.82, 2.24) is 9.97 Å². The summed E-state index contributed by atoms with van der Waals surface area (Å²) in [5.74, 6) is -1.03. The number of halogens is 3. The van der Waals surface area contributed by atoms with Crippen molar-refractivity contribution >= 4 is 46.4 Å². The van der Waals surface area contributed by atoms with Crippen LogP contribution in [0.1, 0.15) is 11.1 Å². The van der Waals surface area contributed by atoms with Crippen molar-refractivity contribution in [3.8, 4) is 0 Å². The Morgan fingerprint density at radius 2 is 2.10 bits per heavy atom. The van der Waals surface area contributed by atoms with Gasteiger partial charge < -0.3 is 5.32 Å². The van der Waals surface area contributed by atoms with E-state index in [1.165, 1.54) is 30.6 Å². The van der Waals surface area contributed by atoms with Crippen molar-refractivity contribution in [2.75, 3.05) is 5.32 Å². The molecule has 1 aliphatic rings. The molecule has 0 saturated heterocycles. The van der Waals surface area contributed by atoms with Gasteiger partial charge in [-0.05, 0) is 18.2 Å². The third kappa shape index (κ3) is 2.15. The second kappa shape index (κ2) is 4.85. The largest absolute Gasteiger partial charge is 0.321 e. The highest BCUT2D eigenvalue weighted by atomic mass is 35.5. The normalized spacial score (nSPS) is 15.3. The number of hydrogen-bond acceptors (Lipinski definition) is 3. The zero-order valence-electron chi connectivity index (χ0n) is 9.82. The fraction of sp³-hybridized carbons (Fsp3) is 0. The SMILES string of the molecule is O=C1Nc2cc(Cl)ncc2/C1=C\c1ccnc(Cl)c1F. The predicted octanol–water partition coefficient (Wildman–Crippen LogP) is 3.42. The minimum absolute atomic E-state index is 0.179. The predicted molar refractivity (Wildman–Crippen MR) is 75.0 cm³/mol. The van der Waals surface area contributed by atoms with Crippen molar-refractivity contribution in [2.45, 2.75) is 0 Å². The van der Waals surface area contributed by atoms with Gasteiger partial charge in [0.25, 0.3) is 5.91 Å². The molecule has 2 aromatic rings. The molecule has 0 radical (unpaired) electrons. The second-order valence-electron chi connectivity index (χ2n) is 4.07. The van der Waals surface area contributed by atoms with Crippen LogP contribution in [0.15, 0.2) is 24.5 Å². The summed E-state index contributed by atoms with van der Waals surface area (Å²) in [5, 5.41) is 2.66. The maximum atomic E-state index is 13.8. The lowest BCUT2D eigenvalue weighted by atomic mass is 10.1. The number of nitrogens with zero attached hydrogens (tertiary/aromatic N) is 2. The number of carbonyl (C=O) groups is 1. The van der Waals surface area contributed by atoms with Crippen molar-refractivity contribution in [3.05, 3.63) is 51.8 Å². The van der Waals surface area contributed by atoms with E-state index in [-0.39, 0.29) is 21.8 Å². The molecular formula is C13H6Cl2FN3O. The van der Waals surface area contributed by atoms with Crippen LogP contribution in [0.25, 0.3) is 11.6 Å². The van der Waals surface area contributed by atoms with E-state index in [2.05, 4.69) is 15.3 Å². The Bertz CT molecular complexity index is 761. The van der Waals surface area contributed by atoms with Crippen LogP contribution in [0.5, 0.6) is 0 Å². The Morgan fingerprint density at radius 1 is 1.30 bits per heavy atom. The Kier molecular flexibility index (Phi) is 3.16. The molecule has 100 valence electrons. The molecule has 0 spiro atoms. The summed E-state index contributed by atoms with van der Waals surface area (Å²) in [6, 6.07) is 2.97. The molecule has 3 rings (SSSR count). The molecule has 0 aliphatic carbocycles. The molecule has 0 aromatic carbocycles. The maximum Gasteiger partial charge on any atom is 0.256 e. The summed E-state index contributed by atoms with van der Waals surface area (Å²) in [5.41, 5.74) is 1.58. The second-order valence-corrected chi connectivity index (χ2v) is 4.81. The van der Waals surface area contributed by atoms with Gasteiger partial charge in [-0.2, -0.15) is 0 Å². The number of rotatable bonds is 1. The summed E-state index contributed by atoms with van der Waals surface area (Å²) in [6.45, 7) is 0. The average Bonchev–Trinajstić information content (AvgIpc) is 2.70. The molecular weight excluding hydrogens is 304 g/mol. The fourth-order valence-electron chi connectivity index (χ4n) is 1.90. The van der Waals surface area contributed by atoms with Crippen LogP contribution < -0.4 is 5.32 Å². The van der Waals surface area contributed by atoms with E-state index in [1.807, 2.05) is 0 Å². The van der Waals surface area contributed by atoms with Gasteiger partial charge in [-0.1, -0.05) is 23.2 Å². The van der Waals surface area contributed by atoms with Crippen LogP contribution in [0, 0.1) is 5.82 Å². The smallest absolute Gasteiger partial charge is 0.256 e. The number of hydrogen-bond donors (Lipinski definition) is 1. The van der Waals surface area contributed by atoms with Crippen LogP contribution in [-0.4, -0.2) is 15.9 Å². The van der Waals surface area contributed by atoms with Crippen molar-refractivity contribution < 1.29 is 9.18 Å². The molecule has 7 heteroatoms. The number of amides is 1. The number of fused-ring (bicyclic) bond motifs is 1. The minimum atomic E-state index is -0.676. The first-order valence-corrected chi connectivity index (χ1v) is 6.31. The summed E-state index contributed by atoms with van der Waals surface area (Å²) >= 11 is 11.4. The van der Waals surface area contributed by atoms with Crippen molar-refractivity contribution in [1.29, 1.82) is 0 Å². The number of pyridine rings is 2. The van der Waals surface area contributed by atoms with Gasteiger partial charge in [0.1, 0.15) is 5.15 Å². The van der Waals surface area contributed by atoms with Gasteiger partial charge in [-0.3, -0.25) is 4.79 Å². The van der Waals surface area contributed by atoms with E-state index in [1.54, 1.807) is 0 Å². The molecule has 3 heterocycles. The lowest BCUT2D eigenvalue weighted by molar-refractivity contribution is -0.110. The van der Waals surface area contributed by atoms with E-state index in [9.17, 15) is 9.18 Å². The van der Waals surface area contributed by atoms with Gasteiger partial charge in [0.15, 0.2) is 11.0 Å². The summed E-state index contributed by atoms with van der Waals surface area (Å²) < 4.78 is 13.8. The highest BCUT2D eigenvalue weighted by Crippen LogP contribution is 2.34. The third-order valence-electron chi connectivity index (χ3n) is 2.83. The number of nitrogens with one attached hydrogen (secondary N) is 1. The van der Waals surface area contributed by atoms with Gasteiger partial charge >= 0.3 is 0 Å². The highest BCUT2D eigenvalue weighted by molar-refractivity contribution is 6.36. The molecule has 20 heavy (non-hydrogen) atoms. The molecule has 1 N–H and O–H groups in total. The van der Waals surface area contributed by atoms with E-state index < -0.39 is 5.82 Å². The Morgan fingerprint density at radius 3 is 2.90 bits per heavy atom. The molecule has 0 unspecified atom stereocenters. The summed E-state index contributed by atoms with van der Waals surface area (Å²) in [7, 11) is 0. The van der Waals surface area contributed by atoms with Crippen LogP contribution in [0.3, 0.4) is 0 Å². The maximum absolute atomic E-state index is 13.8. The molecule has 0 saturated carbocycles. The average molecular weight is 310 g/mol. The Labute approximate surface area is 123 Å². The number of anilines is 1. The molecule has 2 aromatic heterocycles. The molecule has 4 nitrogen and oxygen atoms in total. The van der Waals surface area contributed by atoms with E-state index in [0.29, 0.717) is 16.8 Å². The summed E-state index contributed by atoms with van der Waals surface area (Å²) in [4.78, 5) is 19.5. The Hall–Kier alpha value is -1.98. The van der Waals surface area contributed by atoms with E-state index >= 15 is 0 Å². The number of aromatic nitrogens is 2. The van der Waals surface area contributed by atoms with Gasteiger partial charge in [-0.25, -0.2) is 14.4 Å². The van der Waals surface area contributed by atoms with Gasteiger partial charge in [0, 0.05) is 23.5 Å². The highest BCUT2D eigenvalue weighted by Gasteiger charge is 2.25. The molecule has 1 amide bonds. The summed E-state index contributed by atoms with van der Waals surface area (Å²) in [6.07, 6.45) is 4.23. The lowest BCUT2D eigenvalue weighted by Gasteiger charge is -2.00. The molecule has 0 fully saturated rings. The number of carbonyl (C=O) groups excluding carboxylic acids is 1. The quantitative estimate of drug-likeness (QED) is 0.648. The van der Waals surface area contributed by atoms with Gasteiger partial charge in [0.2, 0.25) is 0 Å². The standard InChI is InChI=1S/C13H6Cl2FN3O/c14-10-4-9-8(5-18-10)7(13(20)19-9)3-6-1-2-17-12(15)11(6)16/h1-5H,(H,19,20)/b7-3+. The van der Waals surface area contributed by atoms with Crippen LogP contribution in [-0.2, 0) is 4.79 Å².